The monoisotopic (exact) mass is 305 g/mol. The molecule has 2 aromatic heterocycles. The summed E-state index contributed by atoms with van der Waals surface area (Å²) < 4.78 is 0. The number of carbonyl (C=O) groups excluding carboxylic acids is 1. The zero-order valence-electron chi connectivity index (χ0n) is 13.4. The van der Waals surface area contributed by atoms with Crippen molar-refractivity contribution in [3.63, 3.8) is 0 Å². The van der Waals surface area contributed by atoms with Gasteiger partial charge in [0.25, 0.3) is 0 Å². The van der Waals surface area contributed by atoms with Crippen molar-refractivity contribution in [2.24, 2.45) is 5.92 Å². The molecule has 3 rings (SSSR count). The summed E-state index contributed by atoms with van der Waals surface area (Å²) in [6, 6.07) is 7.48. The van der Waals surface area contributed by atoms with E-state index < -0.39 is 0 Å². The lowest BCUT2D eigenvalue weighted by Gasteiger charge is -2.08. The summed E-state index contributed by atoms with van der Waals surface area (Å²) in [5.41, 5.74) is 3.68. The van der Waals surface area contributed by atoms with E-state index in [0.29, 0.717) is 11.7 Å². The summed E-state index contributed by atoms with van der Waals surface area (Å²) >= 11 is 0. The molecule has 0 unspecified atom stereocenters. The molecule has 0 aliphatic heterocycles. The molecular weight excluding hydrogens is 286 g/mol. The van der Waals surface area contributed by atoms with Crippen LogP contribution >= 0.6 is 0 Å². The zero-order chi connectivity index (χ0) is 16.2. The molecule has 2 aromatic rings. The third-order valence-corrected chi connectivity index (χ3v) is 3.94. The van der Waals surface area contributed by atoms with Crippen molar-refractivity contribution in [1.82, 2.24) is 15.0 Å². The molecule has 0 saturated carbocycles. The van der Waals surface area contributed by atoms with Crippen LogP contribution in [0.1, 0.15) is 26.1 Å². The summed E-state index contributed by atoms with van der Waals surface area (Å²) in [7, 11) is 0. The van der Waals surface area contributed by atoms with Crippen LogP contribution in [-0.2, 0) is 11.2 Å². The highest BCUT2D eigenvalue weighted by Gasteiger charge is 2.18. The van der Waals surface area contributed by atoms with Crippen LogP contribution in [-0.4, -0.2) is 20.7 Å². The van der Waals surface area contributed by atoms with Gasteiger partial charge >= 0.3 is 0 Å². The maximum Gasteiger partial charge on any atom is 0.166 e. The molecule has 0 aromatic carbocycles. The molecule has 0 saturated heterocycles. The summed E-state index contributed by atoms with van der Waals surface area (Å²) in [5.74, 6) is 1.10. The Balaban J connectivity index is 1.71. The van der Waals surface area contributed by atoms with E-state index in [0.717, 1.165) is 23.4 Å². The first kappa shape index (κ1) is 15.3. The molecule has 1 aliphatic rings. The molecule has 0 N–H and O–H groups in total. The SMILES string of the molecule is CC(C)C1=CC=C(C(=O)Cc2nccc(-c3ccccn3)n2)C1. The maximum atomic E-state index is 12.4. The lowest BCUT2D eigenvalue weighted by Crippen LogP contribution is -2.09. The fourth-order valence-corrected chi connectivity index (χ4v) is 2.53. The van der Waals surface area contributed by atoms with Crippen molar-refractivity contribution >= 4 is 5.78 Å². The Morgan fingerprint density at radius 2 is 1.96 bits per heavy atom. The quantitative estimate of drug-likeness (QED) is 0.847. The van der Waals surface area contributed by atoms with Gasteiger partial charge in [0.1, 0.15) is 5.82 Å². The predicted molar refractivity (Wildman–Crippen MR) is 89.6 cm³/mol. The molecule has 0 atom stereocenters. The molecule has 1 aliphatic carbocycles. The minimum absolute atomic E-state index is 0.0927. The number of nitrogens with zero attached hydrogens (tertiary/aromatic N) is 3. The second-order valence-corrected chi connectivity index (χ2v) is 5.94. The average molecular weight is 305 g/mol. The van der Waals surface area contributed by atoms with E-state index >= 15 is 0 Å². The fraction of sp³-hybridized carbons (Fsp3) is 0.263. The average Bonchev–Trinajstić information content (AvgIpc) is 3.06. The number of rotatable bonds is 5. The van der Waals surface area contributed by atoms with Gasteiger partial charge in [-0.05, 0) is 36.1 Å². The van der Waals surface area contributed by atoms with E-state index in [4.69, 9.17) is 0 Å². The summed E-state index contributed by atoms with van der Waals surface area (Å²) in [6.07, 6.45) is 8.37. The topological polar surface area (TPSA) is 55.7 Å². The Morgan fingerprint density at radius 3 is 2.65 bits per heavy atom. The predicted octanol–water partition coefficient (Wildman–Crippen LogP) is 3.56. The first-order chi connectivity index (χ1) is 11.1. The number of pyridine rings is 1. The van der Waals surface area contributed by atoms with Crippen LogP contribution in [0.25, 0.3) is 11.4 Å². The smallest absolute Gasteiger partial charge is 0.166 e. The van der Waals surface area contributed by atoms with Gasteiger partial charge < -0.3 is 0 Å². The molecule has 116 valence electrons. The van der Waals surface area contributed by atoms with Gasteiger partial charge in [-0.1, -0.05) is 37.6 Å². The first-order valence-corrected chi connectivity index (χ1v) is 7.79. The normalized spacial score (nSPS) is 13.9. The molecule has 0 radical (unpaired) electrons. The maximum absolute atomic E-state index is 12.4. The van der Waals surface area contributed by atoms with Gasteiger partial charge in [-0.15, -0.1) is 0 Å². The highest BCUT2D eigenvalue weighted by molar-refractivity contribution is 5.97. The van der Waals surface area contributed by atoms with Gasteiger partial charge in [-0.25, -0.2) is 9.97 Å². The van der Waals surface area contributed by atoms with Crippen LogP contribution in [0.5, 0.6) is 0 Å². The standard InChI is InChI=1S/C19H19N3O/c1-13(2)14-6-7-15(11-14)18(23)12-19-21-10-8-17(22-19)16-5-3-4-9-20-16/h3-10,13H,11-12H2,1-2H3. The molecule has 0 bridgehead atoms. The molecule has 4 heteroatoms. The number of ketones is 1. The van der Waals surface area contributed by atoms with Gasteiger partial charge in [0.05, 0.1) is 17.8 Å². The zero-order valence-corrected chi connectivity index (χ0v) is 13.4. The first-order valence-electron chi connectivity index (χ1n) is 7.79. The Bertz CT molecular complexity index is 776. The largest absolute Gasteiger partial charge is 0.294 e. The van der Waals surface area contributed by atoms with Crippen LogP contribution < -0.4 is 0 Å². The van der Waals surface area contributed by atoms with E-state index in [1.807, 2.05) is 30.3 Å². The fourth-order valence-electron chi connectivity index (χ4n) is 2.53. The van der Waals surface area contributed by atoms with E-state index in [-0.39, 0.29) is 12.2 Å². The highest BCUT2D eigenvalue weighted by atomic mass is 16.1. The Morgan fingerprint density at radius 1 is 1.09 bits per heavy atom. The second-order valence-electron chi connectivity index (χ2n) is 5.94. The van der Waals surface area contributed by atoms with Crippen LogP contribution in [0.4, 0.5) is 0 Å². The Labute approximate surface area is 136 Å². The Hall–Kier alpha value is -2.62. The van der Waals surface area contributed by atoms with Crippen LogP contribution in [0.2, 0.25) is 0 Å². The van der Waals surface area contributed by atoms with Gasteiger partial charge in [0.15, 0.2) is 5.78 Å². The molecule has 0 amide bonds. The van der Waals surface area contributed by atoms with Crippen LogP contribution in [0.15, 0.2) is 60.0 Å². The van der Waals surface area contributed by atoms with Crippen molar-refractivity contribution in [2.75, 3.05) is 0 Å². The lowest BCUT2D eigenvalue weighted by atomic mass is 9.98. The van der Waals surface area contributed by atoms with E-state index in [9.17, 15) is 4.79 Å². The summed E-state index contributed by atoms with van der Waals surface area (Å²) in [6.45, 7) is 4.29. The van der Waals surface area contributed by atoms with Gasteiger partial charge in [-0.2, -0.15) is 0 Å². The second kappa shape index (κ2) is 6.65. The van der Waals surface area contributed by atoms with Crippen molar-refractivity contribution in [3.05, 3.63) is 65.8 Å². The van der Waals surface area contributed by atoms with Gasteiger partial charge in [0, 0.05) is 12.4 Å². The molecule has 23 heavy (non-hydrogen) atoms. The number of Topliss-reactive ketones (excluding diaryl/α,β-unsaturated/α-hetero) is 1. The van der Waals surface area contributed by atoms with Gasteiger partial charge in [0.2, 0.25) is 0 Å². The number of carbonyl (C=O) groups is 1. The molecule has 4 nitrogen and oxygen atoms in total. The number of hydrogen-bond donors (Lipinski definition) is 0. The molecule has 0 spiro atoms. The van der Waals surface area contributed by atoms with E-state index in [1.165, 1.54) is 5.57 Å². The lowest BCUT2D eigenvalue weighted by molar-refractivity contribution is -0.115. The minimum Gasteiger partial charge on any atom is -0.294 e. The van der Waals surface area contributed by atoms with E-state index in [1.54, 1.807) is 12.4 Å². The number of hydrogen-bond acceptors (Lipinski definition) is 4. The third kappa shape index (κ3) is 3.59. The third-order valence-electron chi connectivity index (χ3n) is 3.94. The van der Waals surface area contributed by atoms with Crippen molar-refractivity contribution in [3.8, 4) is 11.4 Å². The molecular formula is C19H19N3O. The Kier molecular flexibility index (Phi) is 4.42. The van der Waals surface area contributed by atoms with Crippen molar-refractivity contribution in [2.45, 2.75) is 26.7 Å². The molecule has 0 fully saturated rings. The van der Waals surface area contributed by atoms with Gasteiger partial charge in [-0.3, -0.25) is 9.78 Å². The highest BCUT2D eigenvalue weighted by Crippen LogP contribution is 2.26. The van der Waals surface area contributed by atoms with Crippen molar-refractivity contribution < 1.29 is 4.79 Å². The molecule has 2 heterocycles. The summed E-state index contributed by atoms with van der Waals surface area (Å²) in [5, 5.41) is 0. The van der Waals surface area contributed by atoms with Crippen LogP contribution in [0.3, 0.4) is 0 Å². The summed E-state index contributed by atoms with van der Waals surface area (Å²) in [4.78, 5) is 25.4. The van der Waals surface area contributed by atoms with E-state index in [2.05, 4.69) is 34.9 Å². The van der Waals surface area contributed by atoms with Crippen molar-refractivity contribution in [1.29, 1.82) is 0 Å². The van der Waals surface area contributed by atoms with Crippen LogP contribution in [0, 0.1) is 5.92 Å². The number of aromatic nitrogens is 3. The number of allylic oxidation sites excluding steroid dienone is 4. The minimum atomic E-state index is 0.0927.